The molecule has 29 heteroatoms. The van der Waals surface area contributed by atoms with Crippen molar-refractivity contribution < 1.29 is 66.9 Å². The lowest BCUT2D eigenvalue weighted by atomic mass is 9.77. The number of nitrogens with two attached hydrogens (primary N) is 1. The number of hydrogen-bond acceptors (Lipinski definition) is 22. The second-order valence-corrected chi connectivity index (χ2v) is 26.1. The van der Waals surface area contributed by atoms with E-state index in [-0.39, 0.29) is 25.1 Å². The maximum Gasteiger partial charge on any atom is 0.459 e. The molecule has 0 spiro atoms. The number of benzene rings is 4. The molecule has 7 heterocycles. The first kappa shape index (κ1) is 65.7. The number of carbonyl (C=O) groups excluding carboxylic acids is 1. The quantitative estimate of drug-likeness (QED) is 0.0257. The molecule has 4 unspecified atom stereocenters. The smallest absolute Gasteiger partial charge is 0.459 e. The maximum atomic E-state index is 13.9. The molecule has 0 saturated carbocycles. The van der Waals surface area contributed by atoms with Gasteiger partial charge in [0, 0.05) is 7.11 Å². The summed E-state index contributed by atoms with van der Waals surface area (Å²) < 4.78 is 68.6. The minimum Gasteiger partial charge on any atom is -0.497 e. The number of para-hydroxylation sites is 1. The van der Waals surface area contributed by atoms with Crippen molar-refractivity contribution in [3.05, 3.63) is 157 Å². The van der Waals surface area contributed by atoms with Gasteiger partial charge in [0.25, 0.3) is 6.48 Å². The molecule has 3 fully saturated rings. The van der Waals surface area contributed by atoms with Crippen molar-refractivity contribution in [2.24, 2.45) is 0 Å². The number of ether oxygens (including phenoxy) is 7. The number of nitrogens with one attached hydrogen (secondary N) is 2. The zero-order valence-corrected chi connectivity index (χ0v) is 51.6. The van der Waals surface area contributed by atoms with Crippen molar-refractivity contribution in [2.45, 2.75) is 127 Å². The molecular formula is C57H73N11O14P4. The van der Waals surface area contributed by atoms with Crippen LogP contribution in [-0.2, 0) is 47.8 Å². The van der Waals surface area contributed by atoms with E-state index in [9.17, 15) is 24.7 Å². The minimum absolute atomic E-state index is 0. The van der Waals surface area contributed by atoms with Crippen LogP contribution in [0.3, 0.4) is 0 Å². The van der Waals surface area contributed by atoms with Crippen LogP contribution in [0.15, 0.2) is 141 Å². The number of fused-ring (bicyclic) bond motifs is 3. The van der Waals surface area contributed by atoms with Gasteiger partial charge in [-0.1, -0.05) is 106 Å². The summed E-state index contributed by atoms with van der Waals surface area (Å²) in [5, 5.41) is 38.4. The summed E-state index contributed by atoms with van der Waals surface area (Å²) in [6.07, 6.45) is -4.00. The Bertz CT molecular complexity index is 3470. The standard InChI is InChI=1S/C33H33N5O6.C23H31N6O8P.CH4.H5P3/c1-20(39)26-27-28(44-32(41-3)43-27)31(42-26)38-19-36-25-29(34-18-35-30(25)38)37-33(21-10-6-4-7-11-21,22-12-8-5-9-13-22)23-14-16-24(40-2)17-15-23;1-12(2)34-23(32)13(3)28-38(33,37-15-8-6-5-7-9-15)36-14(4)19-17(30)18(31)22(35-19)29-11-27-16-20(24)25-10-26-21(16)29;;1-3-2/h4-20,26-28,31-32,39H,1-3H3,(H,34,35,37);5-14,17-19,22,30-31H,1-4H3,(H,28,33)(H2,24,25,26);1H4;3H,1-2H2/t20-,26+,27+,28+,31+,32?;13-,14-,17-,18+,19+,22+,38?;;/m00../s1. The highest BCUT2D eigenvalue weighted by atomic mass is 32.4. The van der Waals surface area contributed by atoms with Gasteiger partial charge in [-0.3, -0.25) is 18.5 Å². The fourth-order valence-corrected chi connectivity index (χ4v) is 11.9. The van der Waals surface area contributed by atoms with E-state index in [1.165, 1.54) is 44.5 Å². The maximum absolute atomic E-state index is 13.9. The van der Waals surface area contributed by atoms with E-state index >= 15 is 0 Å². The topological polar surface area (TPSA) is 315 Å². The first-order chi connectivity index (χ1) is 40.9. The monoisotopic (exact) mass is 1260 g/mol. The molecule has 460 valence electrons. The molecule has 4 aromatic carbocycles. The molecule has 8 aromatic rings. The van der Waals surface area contributed by atoms with Crippen LogP contribution in [0.2, 0.25) is 0 Å². The van der Waals surface area contributed by atoms with Gasteiger partial charge in [0.1, 0.15) is 77.9 Å². The fraction of sp³-hybridized carbons (Fsp3) is 0.386. The lowest BCUT2D eigenvalue weighted by Gasteiger charge is -2.37. The van der Waals surface area contributed by atoms with Crippen molar-refractivity contribution in [3.8, 4) is 11.5 Å². The molecule has 0 amide bonds. The number of esters is 1. The zero-order valence-electron chi connectivity index (χ0n) is 47.4. The van der Waals surface area contributed by atoms with Crippen molar-refractivity contribution in [2.75, 3.05) is 25.3 Å². The Balaban J connectivity index is 0.000000214. The minimum atomic E-state index is -4.25. The number of aliphatic hydroxyl groups is 3. The number of aliphatic hydroxyl groups excluding tert-OH is 3. The normalized spacial score (nSPS) is 23.3. The van der Waals surface area contributed by atoms with Gasteiger partial charge >= 0.3 is 13.7 Å². The van der Waals surface area contributed by atoms with Crippen LogP contribution >= 0.6 is 33.6 Å². The summed E-state index contributed by atoms with van der Waals surface area (Å²) in [6.45, 7) is 7.13. The third-order valence-electron chi connectivity index (χ3n) is 14.0. The molecule has 86 heavy (non-hydrogen) atoms. The average molecular weight is 1260 g/mol. The second-order valence-electron chi connectivity index (χ2n) is 20.1. The number of aromatic nitrogens is 8. The van der Waals surface area contributed by atoms with Crippen molar-refractivity contribution in [1.29, 1.82) is 0 Å². The van der Waals surface area contributed by atoms with Crippen molar-refractivity contribution in [1.82, 2.24) is 44.1 Å². The molecule has 0 bridgehead atoms. The van der Waals surface area contributed by atoms with E-state index in [1.54, 1.807) is 69.1 Å². The zero-order chi connectivity index (χ0) is 60.6. The van der Waals surface area contributed by atoms with Crippen molar-refractivity contribution >= 4 is 73.5 Å². The van der Waals surface area contributed by atoms with Gasteiger partial charge < -0.3 is 64.1 Å². The van der Waals surface area contributed by atoms with Gasteiger partial charge in [0.15, 0.2) is 40.9 Å². The molecule has 15 atom stereocenters. The number of anilines is 2. The number of nitrogen functional groups attached to an aromatic ring is 1. The first-order valence-corrected chi connectivity index (χ1v) is 33.1. The van der Waals surface area contributed by atoms with E-state index in [1.807, 2.05) is 48.5 Å². The number of hydrogen-bond donors (Lipinski definition) is 6. The highest BCUT2D eigenvalue weighted by Gasteiger charge is 2.56. The van der Waals surface area contributed by atoms with Gasteiger partial charge in [-0.2, -0.15) is 5.09 Å². The Kier molecular flexibility index (Phi) is 22.3. The van der Waals surface area contributed by atoms with Gasteiger partial charge in [-0.05, 0) is 75.6 Å². The Morgan fingerprint density at radius 1 is 0.698 bits per heavy atom. The third-order valence-corrected chi connectivity index (χ3v) is 15.8. The van der Waals surface area contributed by atoms with E-state index in [2.05, 4.69) is 84.6 Å². The summed E-state index contributed by atoms with van der Waals surface area (Å²) in [4.78, 5) is 38.6. The molecule has 4 aromatic heterocycles. The van der Waals surface area contributed by atoms with Crippen molar-refractivity contribution in [3.63, 3.8) is 0 Å². The Morgan fingerprint density at radius 2 is 1.23 bits per heavy atom. The molecule has 7 N–H and O–H groups in total. The SMILES string of the molecule is C.CC(C)OC(=O)[C@H](C)NP(=O)(Oc1ccccc1)O[C@@H](C)[C@H]1O[C@@H](n2cnc3c(N)ncnc32)[C@H](O)[C@@H]1O.COc1ccc(C(Nc2ncnc3c2ncn3[C@@H]2O[C@H]([C@H](C)O)[C@H]3OC(OC)O[C@H]32)(c2ccccc2)c2ccccc2)cc1.PPP. The molecule has 3 aliphatic heterocycles. The first-order valence-electron chi connectivity index (χ1n) is 26.9. The van der Waals surface area contributed by atoms with Gasteiger partial charge in [-0.25, -0.2) is 34.5 Å². The fourth-order valence-electron chi connectivity index (χ4n) is 10.2. The summed E-state index contributed by atoms with van der Waals surface area (Å²) in [5.74, 6) is 0.982. The third kappa shape index (κ3) is 14.2. The summed E-state index contributed by atoms with van der Waals surface area (Å²) in [7, 11) is 4.96. The predicted molar refractivity (Wildman–Crippen MR) is 330 cm³/mol. The second kappa shape index (κ2) is 29.2. The average Bonchev–Trinajstić information content (AvgIpc) is 1.72. The van der Waals surface area contributed by atoms with Crippen LogP contribution < -0.4 is 25.4 Å². The Morgan fingerprint density at radius 3 is 1.81 bits per heavy atom. The number of imidazole rings is 2. The van der Waals surface area contributed by atoms with Gasteiger partial charge in [-0.15, -0.1) is 17.9 Å². The van der Waals surface area contributed by atoms with Crippen LogP contribution in [0, 0.1) is 0 Å². The molecule has 0 radical (unpaired) electrons. The molecule has 3 aliphatic rings. The highest BCUT2D eigenvalue weighted by Crippen LogP contribution is 2.49. The lowest BCUT2D eigenvalue weighted by Crippen LogP contribution is -2.41. The Hall–Kier alpha value is -6.23. The molecule has 0 aliphatic carbocycles. The van der Waals surface area contributed by atoms with E-state index < -0.39 is 93.1 Å². The van der Waals surface area contributed by atoms with Crippen LogP contribution in [-0.4, -0.2) is 142 Å². The van der Waals surface area contributed by atoms with Crippen LogP contribution in [0.5, 0.6) is 11.5 Å². The summed E-state index contributed by atoms with van der Waals surface area (Å²) in [5.41, 5.74) is 9.64. The number of rotatable bonds is 19. The van der Waals surface area contributed by atoms with E-state index in [0.717, 1.165) is 30.4 Å². The summed E-state index contributed by atoms with van der Waals surface area (Å²) in [6, 6.07) is 35.6. The van der Waals surface area contributed by atoms with Gasteiger partial charge in [0.05, 0.1) is 38.1 Å². The number of nitrogens with zero attached hydrogens (tertiary/aromatic N) is 8. The largest absolute Gasteiger partial charge is 0.497 e. The highest BCUT2D eigenvalue weighted by molar-refractivity contribution is 8.33. The molecule has 11 rings (SSSR count). The molecule has 3 saturated heterocycles. The molecule has 25 nitrogen and oxygen atoms in total. The Labute approximate surface area is 504 Å². The van der Waals surface area contributed by atoms with E-state index in [4.69, 9.17) is 57.9 Å². The summed E-state index contributed by atoms with van der Waals surface area (Å²) >= 11 is 0. The lowest BCUT2D eigenvalue weighted by molar-refractivity contribution is -0.259. The van der Waals surface area contributed by atoms with Crippen LogP contribution in [0.1, 0.15) is 71.2 Å². The predicted octanol–water partition coefficient (Wildman–Crippen LogP) is 7.66. The number of methoxy groups -OCH3 is 2. The van der Waals surface area contributed by atoms with Crippen LogP contribution in [0.4, 0.5) is 11.6 Å². The van der Waals surface area contributed by atoms with Crippen LogP contribution in [0.25, 0.3) is 22.3 Å². The molecular weight excluding hydrogens is 1190 g/mol. The number of carbonyl (C=O) groups is 1. The van der Waals surface area contributed by atoms with E-state index in [0.29, 0.717) is 28.1 Å². The van der Waals surface area contributed by atoms with Gasteiger partial charge in [0.2, 0.25) is 0 Å².